The van der Waals surface area contributed by atoms with Gasteiger partial charge in [-0.15, -0.1) is 0 Å². The SMILES string of the molecule is CCCC(C)c1nn(C)c(N)c1-c1ccc2c(c1)OCO2. The molecular weight excluding hydrogens is 266 g/mol. The van der Waals surface area contributed by atoms with Gasteiger partial charge in [0.05, 0.1) is 5.69 Å². The van der Waals surface area contributed by atoms with Crippen LogP contribution in [0.5, 0.6) is 11.5 Å². The van der Waals surface area contributed by atoms with Crippen LogP contribution in [-0.2, 0) is 7.05 Å². The van der Waals surface area contributed by atoms with Crippen LogP contribution in [0.2, 0.25) is 0 Å². The lowest BCUT2D eigenvalue weighted by Crippen LogP contribution is -1.98. The zero-order valence-corrected chi connectivity index (χ0v) is 12.7. The maximum Gasteiger partial charge on any atom is 0.231 e. The molecule has 0 saturated heterocycles. The predicted octanol–water partition coefficient (Wildman–Crippen LogP) is 3.30. The number of ether oxygens (including phenoxy) is 2. The van der Waals surface area contributed by atoms with Gasteiger partial charge in [0.25, 0.3) is 0 Å². The van der Waals surface area contributed by atoms with E-state index >= 15 is 0 Å². The summed E-state index contributed by atoms with van der Waals surface area (Å²) in [5.41, 5.74) is 9.34. The number of aromatic nitrogens is 2. The summed E-state index contributed by atoms with van der Waals surface area (Å²) in [6.07, 6.45) is 2.21. The van der Waals surface area contributed by atoms with Gasteiger partial charge in [-0.1, -0.05) is 26.3 Å². The first-order valence-corrected chi connectivity index (χ1v) is 7.34. The Morgan fingerprint density at radius 2 is 2.10 bits per heavy atom. The number of fused-ring (bicyclic) bond motifs is 1. The van der Waals surface area contributed by atoms with Crippen LogP contribution in [0, 0.1) is 0 Å². The number of nitrogen functional groups attached to an aromatic ring is 1. The smallest absolute Gasteiger partial charge is 0.231 e. The highest BCUT2D eigenvalue weighted by Crippen LogP contribution is 2.40. The van der Waals surface area contributed by atoms with Crippen molar-refractivity contribution in [1.82, 2.24) is 9.78 Å². The van der Waals surface area contributed by atoms with Crippen molar-refractivity contribution in [2.24, 2.45) is 7.05 Å². The lowest BCUT2D eigenvalue weighted by Gasteiger charge is -2.11. The molecule has 2 heterocycles. The monoisotopic (exact) mass is 287 g/mol. The van der Waals surface area contributed by atoms with Crippen LogP contribution in [0.25, 0.3) is 11.1 Å². The number of hydrogen-bond donors (Lipinski definition) is 1. The molecule has 1 aliphatic rings. The zero-order valence-electron chi connectivity index (χ0n) is 12.7. The molecule has 0 spiro atoms. The summed E-state index contributed by atoms with van der Waals surface area (Å²) in [6, 6.07) is 5.93. The molecule has 1 unspecified atom stereocenters. The molecule has 0 aliphatic carbocycles. The third-order valence-corrected chi connectivity index (χ3v) is 3.97. The van der Waals surface area contributed by atoms with E-state index in [1.807, 2.05) is 25.2 Å². The Morgan fingerprint density at radius 1 is 1.33 bits per heavy atom. The minimum absolute atomic E-state index is 0.278. The summed E-state index contributed by atoms with van der Waals surface area (Å²) in [5, 5.41) is 4.62. The number of nitrogens with two attached hydrogens (primary N) is 1. The Labute approximate surface area is 124 Å². The van der Waals surface area contributed by atoms with Crippen molar-refractivity contribution >= 4 is 5.82 Å². The maximum absolute atomic E-state index is 6.24. The Kier molecular flexibility index (Phi) is 3.49. The topological polar surface area (TPSA) is 62.3 Å². The highest BCUT2D eigenvalue weighted by atomic mass is 16.7. The van der Waals surface area contributed by atoms with Crippen molar-refractivity contribution in [1.29, 1.82) is 0 Å². The summed E-state index contributed by atoms with van der Waals surface area (Å²) < 4.78 is 12.6. The molecule has 112 valence electrons. The van der Waals surface area contributed by atoms with Gasteiger partial charge in [0.15, 0.2) is 11.5 Å². The summed E-state index contributed by atoms with van der Waals surface area (Å²) in [4.78, 5) is 0. The largest absolute Gasteiger partial charge is 0.454 e. The molecular formula is C16H21N3O2. The van der Waals surface area contributed by atoms with Gasteiger partial charge in [-0.05, 0) is 24.1 Å². The highest BCUT2D eigenvalue weighted by molar-refractivity contribution is 5.79. The summed E-state index contributed by atoms with van der Waals surface area (Å²) in [6.45, 7) is 4.66. The molecule has 1 aliphatic heterocycles. The second-order valence-electron chi connectivity index (χ2n) is 5.53. The number of rotatable bonds is 4. The van der Waals surface area contributed by atoms with Crippen LogP contribution in [0.1, 0.15) is 38.3 Å². The fraction of sp³-hybridized carbons (Fsp3) is 0.438. The van der Waals surface area contributed by atoms with Gasteiger partial charge in [0.1, 0.15) is 5.82 Å². The van der Waals surface area contributed by atoms with E-state index in [1.165, 1.54) is 0 Å². The van der Waals surface area contributed by atoms with E-state index in [0.717, 1.165) is 41.2 Å². The standard InChI is InChI=1S/C16H21N3O2/c1-4-5-10(2)15-14(16(17)19(3)18-15)11-6-7-12-13(8-11)21-9-20-12/h6-8,10H,4-5,9,17H2,1-3H3. The summed E-state index contributed by atoms with van der Waals surface area (Å²) >= 11 is 0. The van der Waals surface area contributed by atoms with Gasteiger partial charge >= 0.3 is 0 Å². The Hall–Kier alpha value is -2.17. The third kappa shape index (κ3) is 2.33. The normalized spacial score (nSPS) is 14.4. The minimum atomic E-state index is 0.278. The van der Waals surface area contributed by atoms with E-state index < -0.39 is 0 Å². The van der Waals surface area contributed by atoms with E-state index in [2.05, 4.69) is 18.9 Å². The fourth-order valence-corrected chi connectivity index (χ4v) is 2.82. The zero-order chi connectivity index (χ0) is 15.0. The average molecular weight is 287 g/mol. The van der Waals surface area contributed by atoms with E-state index in [9.17, 15) is 0 Å². The summed E-state index contributed by atoms with van der Waals surface area (Å²) in [7, 11) is 1.88. The molecule has 0 saturated carbocycles. The van der Waals surface area contributed by atoms with Crippen molar-refractivity contribution in [3.05, 3.63) is 23.9 Å². The van der Waals surface area contributed by atoms with Crippen molar-refractivity contribution in [2.45, 2.75) is 32.6 Å². The first kappa shape index (κ1) is 13.8. The van der Waals surface area contributed by atoms with E-state index in [-0.39, 0.29) is 6.79 Å². The molecule has 2 aromatic rings. The van der Waals surface area contributed by atoms with E-state index in [4.69, 9.17) is 15.2 Å². The molecule has 1 aromatic heterocycles. The van der Waals surface area contributed by atoms with Crippen molar-refractivity contribution < 1.29 is 9.47 Å². The van der Waals surface area contributed by atoms with Crippen molar-refractivity contribution in [3.8, 4) is 22.6 Å². The lowest BCUT2D eigenvalue weighted by molar-refractivity contribution is 0.174. The van der Waals surface area contributed by atoms with Crippen LogP contribution in [-0.4, -0.2) is 16.6 Å². The molecule has 0 fully saturated rings. The second-order valence-corrected chi connectivity index (χ2v) is 5.53. The maximum atomic E-state index is 6.24. The lowest BCUT2D eigenvalue weighted by atomic mass is 9.94. The van der Waals surface area contributed by atoms with Gasteiger partial charge < -0.3 is 15.2 Å². The van der Waals surface area contributed by atoms with Gasteiger partial charge in [-0.3, -0.25) is 4.68 Å². The van der Waals surface area contributed by atoms with E-state index in [1.54, 1.807) is 4.68 Å². The average Bonchev–Trinajstić information content (AvgIpc) is 3.04. The molecule has 0 bridgehead atoms. The fourth-order valence-electron chi connectivity index (χ4n) is 2.82. The van der Waals surface area contributed by atoms with Crippen molar-refractivity contribution in [2.75, 3.05) is 12.5 Å². The van der Waals surface area contributed by atoms with Gasteiger partial charge in [-0.2, -0.15) is 5.10 Å². The molecule has 1 aromatic carbocycles. The van der Waals surface area contributed by atoms with Gasteiger partial charge in [0.2, 0.25) is 6.79 Å². The Morgan fingerprint density at radius 3 is 2.86 bits per heavy atom. The number of nitrogens with zero attached hydrogens (tertiary/aromatic N) is 2. The molecule has 0 radical (unpaired) electrons. The van der Waals surface area contributed by atoms with Crippen LogP contribution in [0.3, 0.4) is 0 Å². The molecule has 0 amide bonds. The number of hydrogen-bond acceptors (Lipinski definition) is 4. The Bertz CT molecular complexity index is 664. The molecule has 1 atom stereocenters. The second kappa shape index (κ2) is 5.31. The van der Waals surface area contributed by atoms with Crippen LogP contribution < -0.4 is 15.2 Å². The number of benzene rings is 1. The number of aryl methyl sites for hydroxylation is 1. The van der Waals surface area contributed by atoms with Gasteiger partial charge in [-0.25, -0.2) is 0 Å². The van der Waals surface area contributed by atoms with Crippen LogP contribution in [0.4, 0.5) is 5.82 Å². The predicted molar refractivity (Wildman–Crippen MR) is 82.5 cm³/mol. The molecule has 5 heteroatoms. The van der Waals surface area contributed by atoms with E-state index in [0.29, 0.717) is 11.7 Å². The van der Waals surface area contributed by atoms with Gasteiger partial charge in [0, 0.05) is 18.5 Å². The highest BCUT2D eigenvalue weighted by Gasteiger charge is 2.22. The Balaban J connectivity index is 2.09. The summed E-state index contributed by atoms with van der Waals surface area (Å²) in [5.74, 6) is 2.61. The molecule has 2 N–H and O–H groups in total. The first-order chi connectivity index (χ1) is 10.1. The molecule has 3 rings (SSSR count). The number of anilines is 1. The first-order valence-electron chi connectivity index (χ1n) is 7.34. The quantitative estimate of drug-likeness (QED) is 0.937. The minimum Gasteiger partial charge on any atom is -0.454 e. The van der Waals surface area contributed by atoms with Crippen LogP contribution >= 0.6 is 0 Å². The van der Waals surface area contributed by atoms with Crippen LogP contribution in [0.15, 0.2) is 18.2 Å². The molecule has 21 heavy (non-hydrogen) atoms. The molecule has 5 nitrogen and oxygen atoms in total. The van der Waals surface area contributed by atoms with Crippen molar-refractivity contribution in [3.63, 3.8) is 0 Å². The third-order valence-electron chi connectivity index (χ3n) is 3.97.